The van der Waals surface area contributed by atoms with Crippen molar-refractivity contribution in [2.45, 2.75) is 25.9 Å². The van der Waals surface area contributed by atoms with E-state index in [1.54, 1.807) is 19.1 Å². The molecule has 7 heteroatoms. The highest BCUT2D eigenvalue weighted by atomic mass is 16.2. The molecule has 1 fully saturated rings. The minimum absolute atomic E-state index is 0.249. The molecule has 1 atom stereocenters. The number of hydrogen-bond donors (Lipinski definition) is 3. The normalized spacial score (nSPS) is 17.8. The molecule has 3 aromatic carbocycles. The number of imide groups is 1. The topological polar surface area (TPSA) is 90.5 Å². The van der Waals surface area contributed by atoms with E-state index < -0.39 is 11.6 Å². The predicted octanol–water partition coefficient (Wildman–Crippen LogP) is 4.61. The average Bonchev–Trinajstić information content (AvgIpc) is 3.01. The lowest BCUT2D eigenvalue weighted by Gasteiger charge is -2.32. The number of carbonyl (C=O) groups is 3. The van der Waals surface area contributed by atoms with Crippen molar-refractivity contribution < 1.29 is 14.4 Å². The first-order valence-electron chi connectivity index (χ1n) is 10.3. The smallest absolute Gasteiger partial charge is 0.308 e. The third-order valence-corrected chi connectivity index (χ3v) is 5.73. The third kappa shape index (κ3) is 4.05. The van der Waals surface area contributed by atoms with Gasteiger partial charge in [0.25, 0.3) is 5.91 Å². The number of hydrogen-bond acceptors (Lipinski definition) is 3. The number of para-hydroxylation sites is 1. The lowest BCUT2D eigenvalue weighted by Crippen LogP contribution is -2.43. The molecule has 0 saturated carbocycles. The molecule has 4 rings (SSSR count). The van der Waals surface area contributed by atoms with Crippen LogP contribution >= 0.6 is 0 Å². The average molecular weight is 428 g/mol. The van der Waals surface area contributed by atoms with E-state index in [0.717, 1.165) is 22.4 Å². The Labute approximate surface area is 186 Å². The van der Waals surface area contributed by atoms with Gasteiger partial charge in [-0.25, -0.2) is 9.59 Å². The maximum Gasteiger partial charge on any atom is 0.325 e. The second-order valence-electron chi connectivity index (χ2n) is 7.87. The maximum absolute atomic E-state index is 12.6. The van der Waals surface area contributed by atoms with Gasteiger partial charge >= 0.3 is 12.1 Å². The van der Waals surface area contributed by atoms with E-state index in [2.05, 4.69) is 16.0 Å². The van der Waals surface area contributed by atoms with E-state index in [1.807, 2.05) is 73.7 Å². The van der Waals surface area contributed by atoms with E-state index in [-0.39, 0.29) is 18.5 Å². The molecule has 0 aliphatic carbocycles. The fourth-order valence-electron chi connectivity index (χ4n) is 3.77. The third-order valence-electron chi connectivity index (χ3n) is 5.73. The van der Waals surface area contributed by atoms with Crippen molar-refractivity contribution in [2.24, 2.45) is 0 Å². The summed E-state index contributed by atoms with van der Waals surface area (Å²) in [5, 5.41) is 8.05. The first-order chi connectivity index (χ1) is 15.4. The van der Waals surface area contributed by atoms with Gasteiger partial charge in [0.15, 0.2) is 0 Å². The highest BCUT2D eigenvalue weighted by molar-refractivity contribution is 6.07. The first kappa shape index (κ1) is 21.1. The van der Waals surface area contributed by atoms with Gasteiger partial charge < -0.3 is 15.5 Å². The summed E-state index contributed by atoms with van der Waals surface area (Å²) in [6.45, 7) is 3.92. The summed E-state index contributed by atoms with van der Waals surface area (Å²) in [7, 11) is 0. The molecule has 0 spiro atoms. The summed E-state index contributed by atoms with van der Waals surface area (Å²) in [5.41, 5.74) is 2.82. The molecule has 32 heavy (non-hydrogen) atoms. The number of benzene rings is 3. The summed E-state index contributed by atoms with van der Waals surface area (Å²) in [6, 6.07) is 23.2. The van der Waals surface area contributed by atoms with Gasteiger partial charge in [-0.1, -0.05) is 60.7 Å². The number of nitrogens with one attached hydrogen (secondary N) is 3. The molecule has 1 saturated heterocycles. The van der Waals surface area contributed by atoms with E-state index in [4.69, 9.17) is 0 Å². The van der Waals surface area contributed by atoms with Crippen LogP contribution in [0.2, 0.25) is 0 Å². The van der Waals surface area contributed by atoms with Crippen molar-refractivity contribution in [1.82, 2.24) is 10.2 Å². The van der Waals surface area contributed by atoms with Crippen LogP contribution in [0, 0.1) is 6.92 Å². The van der Waals surface area contributed by atoms with Crippen LogP contribution in [0.3, 0.4) is 0 Å². The Balaban J connectivity index is 1.46. The maximum atomic E-state index is 12.6. The van der Waals surface area contributed by atoms with Crippen LogP contribution in [-0.4, -0.2) is 22.9 Å². The summed E-state index contributed by atoms with van der Waals surface area (Å²) < 4.78 is 0. The van der Waals surface area contributed by atoms with Gasteiger partial charge in [0, 0.05) is 17.9 Å². The Kier molecular flexibility index (Phi) is 5.64. The highest BCUT2D eigenvalue weighted by Crippen LogP contribution is 2.34. The standard InChI is InChI=1S/C25H24N4O3/c1-17-8-6-7-11-21(17)27-23(31)26-20-14-12-18(13-15-20)16-29-24(32)28-22(30)25(29,2)19-9-4-3-5-10-19/h3-15H,16H2,1-2H3,(H2,26,27,31)(H,28,30,32). The number of rotatable bonds is 5. The minimum Gasteiger partial charge on any atom is -0.308 e. The van der Waals surface area contributed by atoms with Crippen LogP contribution in [0.4, 0.5) is 21.0 Å². The molecule has 7 nitrogen and oxygen atoms in total. The lowest BCUT2D eigenvalue weighted by molar-refractivity contribution is -0.126. The molecule has 162 valence electrons. The van der Waals surface area contributed by atoms with E-state index in [1.165, 1.54) is 4.90 Å². The van der Waals surface area contributed by atoms with Crippen molar-refractivity contribution >= 4 is 29.3 Å². The summed E-state index contributed by atoms with van der Waals surface area (Å²) in [5.74, 6) is -0.347. The molecule has 0 bridgehead atoms. The Morgan fingerprint density at radius 1 is 0.906 bits per heavy atom. The predicted molar refractivity (Wildman–Crippen MR) is 123 cm³/mol. The number of amides is 5. The molecular formula is C25H24N4O3. The van der Waals surface area contributed by atoms with Crippen LogP contribution in [0.1, 0.15) is 23.6 Å². The Bertz CT molecular complexity index is 1160. The summed E-state index contributed by atoms with van der Waals surface area (Å²) in [6.07, 6.45) is 0. The van der Waals surface area contributed by atoms with Crippen molar-refractivity contribution in [3.63, 3.8) is 0 Å². The van der Waals surface area contributed by atoms with Crippen molar-refractivity contribution in [2.75, 3.05) is 10.6 Å². The molecule has 1 heterocycles. The van der Waals surface area contributed by atoms with Gasteiger partial charge in [-0.3, -0.25) is 10.1 Å². The van der Waals surface area contributed by atoms with Gasteiger partial charge in [-0.15, -0.1) is 0 Å². The molecular weight excluding hydrogens is 404 g/mol. The number of urea groups is 2. The van der Waals surface area contributed by atoms with Gasteiger partial charge in [0.1, 0.15) is 5.54 Å². The van der Waals surface area contributed by atoms with Crippen LogP contribution < -0.4 is 16.0 Å². The summed E-state index contributed by atoms with van der Waals surface area (Å²) >= 11 is 0. The fourth-order valence-corrected chi connectivity index (χ4v) is 3.77. The highest BCUT2D eigenvalue weighted by Gasteiger charge is 2.50. The molecule has 0 radical (unpaired) electrons. The van der Waals surface area contributed by atoms with Crippen LogP contribution in [0.25, 0.3) is 0 Å². The zero-order chi connectivity index (χ0) is 22.7. The van der Waals surface area contributed by atoms with Gasteiger partial charge in [0.05, 0.1) is 0 Å². The number of aryl methyl sites for hydroxylation is 1. The Morgan fingerprint density at radius 3 is 2.25 bits per heavy atom. The van der Waals surface area contributed by atoms with Crippen molar-refractivity contribution in [3.05, 3.63) is 95.6 Å². The zero-order valence-electron chi connectivity index (χ0n) is 17.9. The summed E-state index contributed by atoms with van der Waals surface area (Å²) in [4.78, 5) is 39.0. The molecule has 3 N–H and O–H groups in total. The van der Waals surface area contributed by atoms with Gasteiger partial charge in [-0.2, -0.15) is 0 Å². The van der Waals surface area contributed by atoms with Gasteiger partial charge in [-0.05, 0) is 48.7 Å². The lowest BCUT2D eigenvalue weighted by atomic mass is 9.90. The second kappa shape index (κ2) is 8.55. The monoisotopic (exact) mass is 428 g/mol. The van der Waals surface area contributed by atoms with Crippen molar-refractivity contribution in [1.29, 1.82) is 0 Å². The number of nitrogens with zero attached hydrogens (tertiary/aromatic N) is 1. The largest absolute Gasteiger partial charge is 0.325 e. The first-order valence-corrected chi connectivity index (χ1v) is 10.3. The SMILES string of the molecule is Cc1ccccc1NC(=O)Nc1ccc(CN2C(=O)NC(=O)C2(C)c2ccccc2)cc1. The van der Waals surface area contributed by atoms with E-state index in [9.17, 15) is 14.4 Å². The Morgan fingerprint density at radius 2 is 1.56 bits per heavy atom. The van der Waals surface area contributed by atoms with Crippen molar-refractivity contribution in [3.8, 4) is 0 Å². The number of carbonyl (C=O) groups excluding carboxylic acids is 3. The van der Waals surface area contributed by atoms with Crippen LogP contribution in [0.15, 0.2) is 78.9 Å². The second-order valence-corrected chi connectivity index (χ2v) is 7.87. The molecule has 1 unspecified atom stereocenters. The van der Waals surface area contributed by atoms with Crippen LogP contribution in [0.5, 0.6) is 0 Å². The van der Waals surface area contributed by atoms with Crippen LogP contribution in [-0.2, 0) is 16.9 Å². The fraction of sp³-hybridized carbons (Fsp3) is 0.160. The molecule has 3 aromatic rings. The van der Waals surface area contributed by atoms with E-state index in [0.29, 0.717) is 5.69 Å². The molecule has 1 aliphatic heterocycles. The minimum atomic E-state index is -1.09. The zero-order valence-corrected chi connectivity index (χ0v) is 17.9. The molecule has 1 aliphatic rings. The quantitative estimate of drug-likeness (QED) is 0.519. The molecule has 5 amide bonds. The van der Waals surface area contributed by atoms with Gasteiger partial charge in [0.2, 0.25) is 0 Å². The van der Waals surface area contributed by atoms with E-state index >= 15 is 0 Å². The molecule has 0 aromatic heterocycles. The Hall–Kier alpha value is -4.13. The number of anilines is 2.